The number of piperidine rings is 1. The zero-order valence-corrected chi connectivity index (χ0v) is 14.9. The van der Waals surface area contributed by atoms with Crippen molar-refractivity contribution in [2.24, 2.45) is 5.92 Å². The van der Waals surface area contributed by atoms with Crippen LogP contribution in [0.3, 0.4) is 0 Å². The molecule has 0 spiro atoms. The van der Waals surface area contributed by atoms with Crippen LogP contribution in [0, 0.1) is 5.92 Å². The molecule has 0 aromatic carbocycles. The van der Waals surface area contributed by atoms with Gasteiger partial charge >= 0.3 is 6.09 Å². The Kier molecular flexibility index (Phi) is 7.63. The van der Waals surface area contributed by atoms with Gasteiger partial charge in [-0.3, -0.25) is 0 Å². The fourth-order valence-corrected chi connectivity index (χ4v) is 2.99. The van der Waals surface area contributed by atoms with E-state index in [1.807, 2.05) is 27.7 Å². The molecular weight excluding hydrogens is 280 g/mol. The van der Waals surface area contributed by atoms with Crippen molar-refractivity contribution in [1.82, 2.24) is 10.2 Å². The smallest absolute Gasteiger partial charge is 0.407 e. The first-order valence-electron chi connectivity index (χ1n) is 8.65. The van der Waals surface area contributed by atoms with E-state index in [0.29, 0.717) is 0 Å². The Bertz CT molecular complexity index is 341. The molecule has 130 valence electrons. The zero-order valence-electron chi connectivity index (χ0n) is 14.9. The van der Waals surface area contributed by atoms with Crippen molar-refractivity contribution in [3.05, 3.63) is 0 Å². The summed E-state index contributed by atoms with van der Waals surface area (Å²) in [4.78, 5) is 14.3. The Labute approximate surface area is 135 Å². The van der Waals surface area contributed by atoms with Crippen LogP contribution in [-0.2, 0) is 4.74 Å². The van der Waals surface area contributed by atoms with Crippen molar-refractivity contribution < 1.29 is 14.6 Å². The summed E-state index contributed by atoms with van der Waals surface area (Å²) in [5, 5.41) is 13.2. The van der Waals surface area contributed by atoms with Crippen molar-refractivity contribution in [3.63, 3.8) is 0 Å². The first-order valence-corrected chi connectivity index (χ1v) is 8.65. The molecule has 0 aromatic heterocycles. The fourth-order valence-electron chi connectivity index (χ4n) is 2.99. The number of rotatable bonds is 6. The van der Waals surface area contributed by atoms with E-state index in [4.69, 9.17) is 4.74 Å². The summed E-state index contributed by atoms with van der Waals surface area (Å²) in [6.45, 7) is 12.6. The molecule has 2 N–H and O–H groups in total. The molecule has 1 aliphatic rings. The van der Waals surface area contributed by atoms with Gasteiger partial charge in [-0.05, 0) is 52.5 Å². The summed E-state index contributed by atoms with van der Waals surface area (Å²) in [5.41, 5.74) is -0.483. The highest BCUT2D eigenvalue weighted by Gasteiger charge is 2.32. The number of carbonyl (C=O) groups is 1. The van der Waals surface area contributed by atoms with Gasteiger partial charge in [0.15, 0.2) is 0 Å². The van der Waals surface area contributed by atoms with Gasteiger partial charge in [-0.15, -0.1) is 0 Å². The number of hydrogen-bond acceptors (Lipinski definition) is 4. The number of alkyl carbamates (subject to hydrolysis) is 1. The van der Waals surface area contributed by atoms with Crippen molar-refractivity contribution in [3.8, 4) is 0 Å². The van der Waals surface area contributed by atoms with Gasteiger partial charge in [0.05, 0.1) is 6.10 Å². The van der Waals surface area contributed by atoms with E-state index >= 15 is 0 Å². The van der Waals surface area contributed by atoms with Gasteiger partial charge in [0.25, 0.3) is 0 Å². The lowest BCUT2D eigenvalue weighted by molar-refractivity contribution is 0.0234. The number of unbranched alkanes of at least 4 members (excludes halogenated alkanes) is 1. The minimum absolute atomic E-state index is 0.0478. The average molecular weight is 314 g/mol. The Morgan fingerprint density at radius 3 is 2.59 bits per heavy atom. The van der Waals surface area contributed by atoms with Crippen molar-refractivity contribution in [1.29, 1.82) is 0 Å². The van der Waals surface area contributed by atoms with Gasteiger partial charge in [0, 0.05) is 19.1 Å². The maximum atomic E-state index is 12.0. The number of carbonyl (C=O) groups excluding carboxylic acids is 1. The third-order valence-corrected chi connectivity index (χ3v) is 4.07. The molecule has 1 heterocycles. The molecule has 1 aliphatic heterocycles. The van der Waals surface area contributed by atoms with E-state index in [1.165, 1.54) is 0 Å². The first-order chi connectivity index (χ1) is 10.2. The molecule has 5 nitrogen and oxygen atoms in total. The number of aliphatic hydroxyl groups excluding tert-OH is 1. The van der Waals surface area contributed by atoms with Gasteiger partial charge in [-0.1, -0.05) is 20.3 Å². The second kappa shape index (κ2) is 8.73. The lowest BCUT2D eigenvalue weighted by atomic mass is 9.88. The summed E-state index contributed by atoms with van der Waals surface area (Å²) in [7, 11) is 0. The fraction of sp³-hybridized carbons (Fsp3) is 0.941. The number of nitrogens with one attached hydrogen (secondary N) is 1. The topological polar surface area (TPSA) is 61.8 Å². The molecule has 0 aliphatic carbocycles. The van der Waals surface area contributed by atoms with Crippen LogP contribution in [0.5, 0.6) is 0 Å². The van der Waals surface area contributed by atoms with Crippen LogP contribution in [0.4, 0.5) is 4.79 Å². The zero-order chi connectivity index (χ0) is 16.8. The normalized spacial score (nSPS) is 24.8. The SMILES string of the molecule is CCCCN1CC(NC(=O)OC(C)(C)C)CC(C(O)CC)C1. The minimum Gasteiger partial charge on any atom is -0.444 e. The summed E-state index contributed by atoms with van der Waals surface area (Å²) in [6, 6.07) is 0.0478. The molecule has 5 heteroatoms. The second-order valence-electron chi connectivity index (χ2n) is 7.43. The number of likely N-dealkylation sites (tertiary alicyclic amines) is 1. The van der Waals surface area contributed by atoms with Crippen LogP contribution in [0.1, 0.15) is 60.3 Å². The second-order valence-corrected chi connectivity index (χ2v) is 7.43. The largest absolute Gasteiger partial charge is 0.444 e. The third-order valence-electron chi connectivity index (χ3n) is 4.07. The lowest BCUT2D eigenvalue weighted by Gasteiger charge is -2.40. The summed E-state index contributed by atoms with van der Waals surface area (Å²) in [5.74, 6) is 0.218. The molecular formula is C17H34N2O3. The minimum atomic E-state index is -0.483. The van der Waals surface area contributed by atoms with Gasteiger partial charge < -0.3 is 20.1 Å². The number of ether oxygens (including phenoxy) is 1. The molecule has 0 aromatic rings. The Morgan fingerprint density at radius 1 is 1.36 bits per heavy atom. The molecule has 22 heavy (non-hydrogen) atoms. The summed E-state index contributed by atoms with van der Waals surface area (Å²) in [6.07, 6.45) is 3.21. The monoisotopic (exact) mass is 314 g/mol. The van der Waals surface area contributed by atoms with Crippen LogP contribution in [0.2, 0.25) is 0 Å². The first kappa shape index (κ1) is 19.2. The molecule has 1 rings (SSSR count). The molecule has 3 unspecified atom stereocenters. The molecule has 0 saturated carbocycles. The summed E-state index contributed by atoms with van der Waals surface area (Å²) < 4.78 is 5.35. The molecule has 0 bridgehead atoms. The van der Waals surface area contributed by atoms with Crippen LogP contribution < -0.4 is 5.32 Å². The van der Waals surface area contributed by atoms with E-state index in [1.54, 1.807) is 0 Å². The number of hydrogen-bond donors (Lipinski definition) is 2. The van der Waals surface area contributed by atoms with Crippen LogP contribution in [0.15, 0.2) is 0 Å². The van der Waals surface area contributed by atoms with Crippen LogP contribution in [-0.4, -0.2) is 53.5 Å². The number of nitrogens with zero attached hydrogens (tertiary/aromatic N) is 1. The quantitative estimate of drug-likeness (QED) is 0.791. The highest BCUT2D eigenvalue weighted by molar-refractivity contribution is 5.68. The van der Waals surface area contributed by atoms with E-state index in [0.717, 1.165) is 45.3 Å². The van der Waals surface area contributed by atoms with Gasteiger partial charge in [0.1, 0.15) is 5.60 Å². The van der Waals surface area contributed by atoms with Crippen molar-refractivity contribution in [2.45, 2.75) is 78.0 Å². The van der Waals surface area contributed by atoms with Crippen LogP contribution in [0.25, 0.3) is 0 Å². The van der Waals surface area contributed by atoms with E-state index < -0.39 is 5.60 Å². The Morgan fingerprint density at radius 2 is 2.05 bits per heavy atom. The van der Waals surface area contributed by atoms with Gasteiger partial charge in [-0.2, -0.15) is 0 Å². The standard InChI is InChI=1S/C17H34N2O3/c1-6-8-9-19-11-13(15(20)7-2)10-14(12-19)18-16(21)22-17(3,4)5/h13-15,20H,6-12H2,1-5H3,(H,18,21). The van der Waals surface area contributed by atoms with E-state index in [-0.39, 0.29) is 24.2 Å². The van der Waals surface area contributed by atoms with Crippen LogP contribution >= 0.6 is 0 Å². The Balaban J connectivity index is 2.61. The highest BCUT2D eigenvalue weighted by atomic mass is 16.6. The predicted molar refractivity (Wildman–Crippen MR) is 88.9 cm³/mol. The number of amides is 1. The third kappa shape index (κ3) is 6.97. The van der Waals surface area contributed by atoms with Gasteiger partial charge in [-0.25, -0.2) is 4.79 Å². The molecule has 1 amide bonds. The maximum Gasteiger partial charge on any atom is 0.407 e. The van der Waals surface area contributed by atoms with Crippen molar-refractivity contribution >= 4 is 6.09 Å². The molecule has 1 saturated heterocycles. The molecule has 3 atom stereocenters. The maximum absolute atomic E-state index is 12.0. The Hall–Kier alpha value is -0.810. The van der Waals surface area contributed by atoms with E-state index in [2.05, 4.69) is 17.1 Å². The molecule has 0 radical (unpaired) electrons. The van der Waals surface area contributed by atoms with Gasteiger partial charge in [0.2, 0.25) is 0 Å². The highest BCUT2D eigenvalue weighted by Crippen LogP contribution is 2.22. The average Bonchev–Trinajstić information content (AvgIpc) is 2.41. The number of aliphatic hydroxyl groups is 1. The molecule has 1 fully saturated rings. The van der Waals surface area contributed by atoms with Crippen molar-refractivity contribution in [2.75, 3.05) is 19.6 Å². The predicted octanol–water partition coefficient (Wildman–Crippen LogP) is 2.77. The lowest BCUT2D eigenvalue weighted by Crippen LogP contribution is -2.53. The summed E-state index contributed by atoms with van der Waals surface area (Å²) >= 11 is 0. The van der Waals surface area contributed by atoms with E-state index in [9.17, 15) is 9.90 Å².